The van der Waals surface area contributed by atoms with Crippen LogP contribution in [0, 0.1) is 6.92 Å². The summed E-state index contributed by atoms with van der Waals surface area (Å²) in [5, 5.41) is 0. The number of carbonyl (C=O) groups excluding carboxylic acids is 1. The van der Waals surface area contributed by atoms with Gasteiger partial charge in [0.2, 0.25) is 5.91 Å². The fourth-order valence-corrected chi connectivity index (χ4v) is 0.581. The summed E-state index contributed by atoms with van der Waals surface area (Å²) in [6.07, 6.45) is 6.39. The first kappa shape index (κ1) is 11.2. The van der Waals surface area contributed by atoms with Gasteiger partial charge in [-0.15, -0.1) is 0 Å². The fourth-order valence-electron chi connectivity index (χ4n) is 0.581. The summed E-state index contributed by atoms with van der Waals surface area (Å²) in [6, 6.07) is 0. The van der Waals surface area contributed by atoms with Crippen LogP contribution in [0.15, 0.2) is 31.6 Å². The number of hydrogen-bond acceptors (Lipinski definition) is 2. The molecule has 1 rings (SSSR count). The van der Waals surface area contributed by atoms with Gasteiger partial charge in [0.05, 0.1) is 0 Å². The van der Waals surface area contributed by atoms with Crippen LogP contribution >= 0.6 is 0 Å². The Balaban J connectivity index is 0.000000252. The maximum absolute atomic E-state index is 9.47. The third kappa shape index (κ3) is 4.58. The molecule has 13 heavy (non-hydrogen) atoms. The predicted octanol–water partition coefficient (Wildman–Crippen LogP) is 0.950. The van der Waals surface area contributed by atoms with Crippen LogP contribution in [0.25, 0.3) is 6.20 Å². The summed E-state index contributed by atoms with van der Waals surface area (Å²) in [5.41, 5.74) is 4.53. The molecule has 0 radical (unpaired) electrons. The lowest BCUT2D eigenvalue weighted by atomic mass is 10.6. The molecular weight excluding hydrogens is 166 g/mol. The first-order chi connectivity index (χ1) is 6.11. The third-order valence-corrected chi connectivity index (χ3v) is 1.26. The minimum absolute atomic E-state index is 0.481. The van der Waals surface area contributed by atoms with Crippen molar-refractivity contribution in [2.75, 3.05) is 0 Å². The molecule has 1 heterocycles. The highest BCUT2D eigenvalue weighted by molar-refractivity contribution is 5.84. The van der Waals surface area contributed by atoms with Gasteiger partial charge in [0.15, 0.2) is 0 Å². The molecule has 1 aromatic heterocycles. The van der Waals surface area contributed by atoms with Crippen LogP contribution in [-0.2, 0) is 4.79 Å². The number of carbonyl (C=O) groups is 1. The van der Waals surface area contributed by atoms with E-state index in [9.17, 15) is 4.79 Å². The van der Waals surface area contributed by atoms with E-state index in [1.165, 1.54) is 0 Å². The molecule has 2 N–H and O–H groups in total. The van der Waals surface area contributed by atoms with E-state index >= 15 is 0 Å². The number of imidazole rings is 1. The van der Waals surface area contributed by atoms with Gasteiger partial charge in [0, 0.05) is 18.6 Å². The summed E-state index contributed by atoms with van der Waals surface area (Å²) in [6.45, 7) is 8.60. The lowest BCUT2D eigenvalue weighted by Gasteiger charge is -1.90. The Labute approximate surface area is 77.4 Å². The molecule has 4 nitrogen and oxygen atoms in total. The van der Waals surface area contributed by atoms with Gasteiger partial charge in [-0.2, -0.15) is 0 Å². The molecule has 0 atom stereocenters. The number of nitrogens with two attached hydrogens (primary N) is 1. The van der Waals surface area contributed by atoms with Gasteiger partial charge < -0.3 is 10.3 Å². The number of primary amides is 1. The topological polar surface area (TPSA) is 60.9 Å². The summed E-state index contributed by atoms with van der Waals surface area (Å²) in [7, 11) is 0. The second-order valence-corrected chi connectivity index (χ2v) is 2.17. The van der Waals surface area contributed by atoms with Crippen LogP contribution in [0.4, 0.5) is 0 Å². The van der Waals surface area contributed by atoms with Crippen LogP contribution < -0.4 is 5.73 Å². The van der Waals surface area contributed by atoms with E-state index in [-0.39, 0.29) is 0 Å². The number of rotatable bonds is 2. The summed E-state index contributed by atoms with van der Waals surface area (Å²) in [5.74, 6) is 0.491. The summed E-state index contributed by atoms with van der Waals surface area (Å²) < 4.78 is 1.86. The molecule has 70 valence electrons. The molecule has 0 aliphatic rings. The van der Waals surface area contributed by atoms with E-state index in [0.29, 0.717) is 0 Å². The minimum Gasteiger partial charge on any atom is -0.366 e. The van der Waals surface area contributed by atoms with Crippen molar-refractivity contribution in [3.05, 3.63) is 37.5 Å². The molecule has 0 spiro atoms. The lowest BCUT2D eigenvalue weighted by Crippen LogP contribution is -2.04. The van der Waals surface area contributed by atoms with Crippen molar-refractivity contribution in [2.24, 2.45) is 5.73 Å². The second-order valence-electron chi connectivity index (χ2n) is 2.17. The molecule has 0 fully saturated rings. The minimum atomic E-state index is -0.481. The normalized spacial score (nSPS) is 8.08. The highest BCUT2D eigenvalue weighted by Gasteiger charge is 1.86. The van der Waals surface area contributed by atoms with Crippen LogP contribution in [0.1, 0.15) is 5.82 Å². The van der Waals surface area contributed by atoms with Gasteiger partial charge >= 0.3 is 0 Å². The number of aryl methyl sites for hydroxylation is 1. The molecular formula is C9H13N3O. The first-order valence-corrected chi connectivity index (χ1v) is 3.65. The molecule has 0 aromatic carbocycles. The molecule has 1 aromatic rings. The molecule has 0 saturated heterocycles. The molecule has 4 heteroatoms. The average Bonchev–Trinajstić information content (AvgIpc) is 2.52. The average molecular weight is 179 g/mol. The standard InChI is InChI=1S/C6H8N2.C3H5NO/c1-3-8-5-4-7-6(8)2;1-2-3(4)5/h3-5H,1H2,2H3;2H,1H2,(H2,4,5). The Morgan fingerprint density at radius 1 is 1.69 bits per heavy atom. The maximum atomic E-state index is 9.47. The Kier molecular flexibility index (Phi) is 4.95. The van der Waals surface area contributed by atoms with Gasteiger partial charge in [-0.05, 0) is 13.0 Å². The number of aromatic nitrogens is 2. The van der Waals surface area contributed by atoms with Gasteiger partial charge in [-0.25, -0.2) is 4.98 Å². The highest BCUT2D eigenvalue weighted by atomic mass is 16.1. The Bertz CT molecular complexity index is 302. The van der Waals surface area contributed by atoms with Crippen molar-refractivity contribution in [3.63, 3.8) is 0 Å². The number of amides is 1. The van der Waals surface area contributed by atoms with Crippen molar-refractivity contribution in [2.45, 2.75) is 6.92 Å². The van der Waals surface area contributed by atoms with Crippen LogP contribution in [-0.4, -0.2) is 15.5 Å². The Hall–Kier alpha value is -1.84. The first-order valence-electron chi connectivity index (χ1n) is 3.65. The maximum Gasteiger partial charge on any atom is 0.240 e. The SMILES string of the molecule is C=CC(N)=O.C=Cn1ccnc1C. The molecule has 1 amide bonds. The van der Waals surface area contributed by atoms with E-state index in [4.69, 9.17) is 0 Å². The van der Waals surface area contributed by atoms with Gasteiger partial charge in [-0.1, -0.05) is 13.2 Å². The molecule has 0 saturated carbocycles. The van der Waals surface area contributed by atoms with E-state index in [0.717, 1.165) is 11.9 Å². The zero-order valence-corrected chi connectivity index (χ0v) is 7.60. The predicted molar refractivity (Wildman–Crippen MR) is 52.7 cm³/mol. The molecule has 0 unspecified atom stereocenters. The van der Waals surface area contributed by atoms with Crippen molar-refractivity contribution < 1.29 is 4.79 Å². The van der Waals surface area contributed by atoms with Gasteiger partial charge in [0.1, 0.15) is 5.82 Å². The summed E-state index contributed by atoms with van der Waals surface area (Å²) >= 11 is 0. The quantitative estimate of drug-likeness (QED) is 0.687. The van der Waals surface area contributed by atoms with Crippen molar-refractivity contribution in [3.8, 4) is 0 Å². The largest absolute Gasteiger partial charge is 0.366 e. The third-order valence-electron chi connectivity index (χ3n) is 1.26. The van der Waals surface area contributed by atoms with E-state index < -0.39 is 5.91 Å². The van der Waals surface area contributed by atoms with Crippen molar-refractivity contribution >= 4 is 12.1 Å². The monoisotopic (exact) mass is 179 g/mol. The van der Waals surface area contributed by atoms with Crippen LogP contribution in [0.3, 0.4) is 0 Å². The molecule has 0 aliphatic heterocycles. The Morgan fingerprint density at radius 2 is 2.23 bits per heavy atom. The molecule has 0 aliphatic carbocycles. The number of nitrogens with zero attached hydrogens (tertiary/aromatic N) is 2. The lowest BCUT2D eigenvalue weighted by molar-refractivity contribution is -0.113. The van der Waals surface area contributed by atoms with E-state index in [2.05, 4.69) is 23.9 Å². The van der Waals surface area contributed by atoms with Crippen LogP contribution in [0.5, 0.6) is 0 Å². The number of hydrogen-bond donors (Lipinski definition) is 1. The fraction of sp³-hybridized carbons (Fsp3) is 0.111. The summed E-state index contributed by atoms with van der Waals surface area (Å²) in [4.78, 5) is 13.5. The van der Waals surface area contributed by atoms with E-state index in [1.807, 2.05) is 17.7 Å². The zero-order valence-electron chi connectivity index (χ0n) is 7.60. The smallest absolute Gasteiger partial charge is 0.240 e. The highest BCUT2D eigenvalue weighted by Crippen LogP contribution is 1.92. The zero-order chi connectivity index (χ0) is 10.3. The Morgan fingerprint density at radius 3 is 2.38 bits per heavy atom. The van der Waals surface area contributed by atoms with Gasteiger partial charge in [0.25, 0.3) is 0 Å². The van der Waals surface area contributed by atoms with Crippen molar-refractivity contribution in [1.82, 2.24) is 9.55 Å². The second kappa shape index (κ2) is 5.77. The van der Waals surface area contributed by atoms with Crippen molar-refractivity contribution in [1.29, 1.82) is 0 Å². The molecule has 0 bridgehead atoms. The van der Waals surface area contributed by atoms with Crippen LogP contribution in [0.2, 0.25) is 0 Å². The van der Waals surface area contributed by atoms with E-state index in [1.54, 1.807) is 12.4 Å². The van der Waals surface area contributed by atoms with Gasteiger partial charge in [-0.3, -0.25) is 4.79 Å².